The Hall–Kier alpha value is -1.20. The van der Waals surface area contributed by atoms with Gasteiger partial charge in [0.1, 0.15) is 0 Å². The minimum Gasteiger partial charge on any atom is -0.323 e. The van der Waals surface area contributed by atoms with Gasteiger partial charge in [-0.2, -0.15) is 0 Å². The number of carbonyl (C=O) groups is 1. The Bertz CT molecular complexity index is 491. The molecule has 2 aliphatic heterocycles. The van der Waals surface area contributed by atoms with Gasteiger partial charge in [-0.3, -0.25) is 4.90 Å². The monoisotopic (exact) mass is 305 g/mol. The van der Waals surface area contributed by atoms with Gasteiger partial charge in [0, 0.05) is 36.3 Å². The highest BCUT2D eigenvalue weighted by atomic mass is 32.2. The molecule has 3 rings (SSSR count). The van der Waals surface area contributed by atoms with Gasteiger partial charge < -0.3 is 10.2 Å². The first-order chi connectivity index (χ1) is 10.3. The number of fused-ring (bicyclic) bond motifs is 1. The zero-order valence-electron chi connectivity index (χ0n) is 12.5. The van der Waals surface area contributed by atoms with Gasteiger partial charge in [-0.15, -0.1) is 11.8 Å². The summed E-state index contributed by atoms with van der Waals surface area (Å²) in [6.45, 7) is 4.07. The van der Waals surface area contributed by atoms with E-state index in [1.54, 1.807) is 11.8 Å². The summed E-state index contributed by atoms with van der Waals surface area (Å²) in [5, 5.41) is 3.03. The van der Waals surface area contributed by atoms with Gasteiger partial charge in [0.25, 0.3) is 0 Å². The number of hydrogen-bond donors (Lipinski definition) is 1. The van der Waals surface area contributed by atoms with E-state index in [0.717, 1.165) is 31.7 Å². The molecule has 114 valence electrons. The van der Waals surface area contributed by atoms with Crippen LogP contribution in [0.5, 0.6) is 0 Å². The first-order valence-corrected chi connectivity index (χ1v) is 8.93. The third-order valence-corrected chi connectivity index (χ3v) is 5.18. The van der Waals surface area contributed by atoms with Crippen LogP contribution in [0.25, 0.3) is 0 Å². The lowest BCUT2D eigenvalue weighted by molar-refractivity contribution is 0.200. The van der Waals surface area contributed by atoms with Crippen molar-refractivity contribution in [3.8, 4) is 0 Å². The second-order valence-electron chi connectivity index (χ2n) is 5.79. The molecule has 0 aliphatic carbocycles. The van der Waals surface area contributed by atoms with Crippen molar-refractivity contribution in [1.29, 1.82) is 0 Å². The van der Waals surface area contributed by atoms with E-state index in [-0.39, 0.29) is 6.03 Å². The van der Waals surface area contributed by atoms with Gasteiger partial charge in [0.05, 0.1) is 0 Å². The molecule has 0 radical (unpaired) electrons. The maximum Gasteiger partial charge on any atom is 0.321 e. The molecule has 1 atom stereocenters. The van der Waals surface area contributed by atoms with Crippen LogP contribution in [-0.2, 0) is 0 Å². The molecule has 1 aromatic carbocycles. The fourth-order valence-electron chi connectivity index (χ4n) is 3.27. The maximum atomic E-state index is 12.5. The van der Waals surface area contributed by atoms with E-state index in [9.17, 15) is 4.79 Å². The second kappa shape index (κ2) is 6.71. The molecule has 0 spiro atoms. The van der Waals surface area contributed by atoms with Crippen molar-refractivity contribution < 1.29 is 4.79 Å². The van der Waals surface area contributed by atoms with Crippen molar-refractivity contribution in [1.82, 2.24) is 9.80 Å². The van der Waals surface area contributed by atoms with E-state index in [0.29, 0.717) is 6.04 Å². The number of anilines is 1. The summed E-state index contributed by atoms with van der Waals surface area (Å²) >= 11 is 1.71. The maximum absolute atomic E-state index is 12.5. The molecule has 0 saturated carbocycles. The number of nitrogens with one attached hydrogen (secondary N) is 1. The standard InChI is InChI=1S/C16H23N3OS/c1-21-15-7-5-13(6-8-15)17-16(20)19-11-3-10-18-9-2-4-14(18)12-19/h5-8,14H,2-4,9-12H2,1H3,(H,17,20). The zero-order chi connectivity index (χ0) is 14.7. The van der Waals surface area contributed by atoms with E-state index in [2.05, 4.69) is 16.5 Å². The van der Waals surface area contributed by atoms with Crippen molar-refractivity contribution in [2.45, 2.75) is 30.2 Å². The van der Waals surface area contributed by atoms with Crippen molar-refractivity contribution in [2.24, 2.45) is 0 Å². The van der Waals surface area contributed by atoms with Crippen LogP contribution in [-0.4, -0.2) is 54.3 Å². The molecule has 4 nitrogen and oxygen atoms in total. The smallest absolute Gasteiger partial charge is 0.321 e. The highest BCUT2D eigenvalue weighted by Gasteiger charge is 2.30. The summed E-state index contributed by atoms with van der Waals surface area (Å²) < 4.78 is 0. The third-order valence-electron chi connectivity index (χ3n) is 4.43. The fraction of sp³-hybridized carbons (Fsp3) is 0.562. The van der Waals surface area contributed by atoms with E-state index in [1.807, 2.05) is 29.2 Å². The molecule has 2 heterocycles. The molecular weight excluding hydrogens is 282 g/mol. The summed E-state index contributed by atoms with van der Waals surface area (Å²) in [5.41, 5.74) is 0.880. The van der Waals surface area contributed by atoms with Crippen molar-refractivity contribution in [3.63, 3.8) is 0 Å². The van der Waals surface area contributed by atoms with Crippen LogP contribution in [0.1, 0.15) is 19.3 Å². The predicted octanol–water partition coefficient (Wildman–Crippen LogP) is 3.11. The van der Waals surface area contributed by atoms with Crippen LogP contribution in [0.4, 0.5) is 10.5 Å². The number of benzene rings is 1. The van der Waals surface area contributed by atoms with Crippen LogP contribution in [0, 0.1) is 0 Å². The first kappa shape index (κ1) is 14.7. The Morgan fingerprint density at radius 1 is 1.19 bits per heavy atom. The van der Waals surface area contributed by atoms with Crippen LogP contribution in [0.3, 0.4) is 0 Å². The molecule has 1 N–H and O–H groups in total. The molecule has 2 saturated heterocycles. The lowest BCUT2D eigenvalue weighted by Crippen LogP contribution is -2.41. The lowest BCUT2D eigenvalue weighted by Gasteiger charge is -2.25. The molecule has 21 heavy (non-hydrogen) atoms. The van der Waals surface area contributed by atoms with Crippen molar-refractivity contribution in [3.05, 3.63) is 24.3 Å². The van der Waals surface area contributed by atoms with Crippen molar-refractivity contribution in [2.75, 3.05) is 37.8 Å². The highest BCUT2D eigenvalue weighted by Crippen LogP contribution is 2.22. The summed E-state index contributed by atoms with van der Waals surface area (Å²) in [6.07, 6.45) is 5.63. The Morgan fingerprint density at radius 3 is 2.71 bits per heavy atom. The molecule has 0 bridgehead atoms. The topological polar surface area (TPSA) is 35.6 Å². The van der Waals surface area contributed by atoms with Crippen LogP contribution in [0.15, 0.2) is 29.2 Å². The average molecular weight is 305 g/mol. The van der Waals surface area contributed by atoms with Gasteiger partial charge in [-0.05, 0) is 56.3 Å². The summed E-state index contributed by atoms with van der Waals surface area (Å²) in [4.78, 5) is 18.2. The van der Waals surface area contributed by atoms with E-state index < -0.39 is 0 Å². The summed E-state index contributed by atoms with van der Waals surface area (Å²) in [7, 11) is 0. The molecule has 1 aromatic rings. The number of carbonyl (C=O) groups excluding carboxylic acids is 1. The SMILES string of the molecule is CSc1ccc(NC(=O)N2CCCN3CCCC3C2)cc1. The second-order valence-corrected chi connectivity index (χ2v) is 6.67. The largest absolute Gasteiger partial charge is 0.323 e. The first-order valence-electron chi connectivity index (χ1n) is 7.70. The summed E-state index contributed by atoms with van der Waals surface area (Å²) in [6, 6.07) is 8.65. The van der Waals surface area contributed by atoms with Gasteiger partial charge >= 0.3 is 6.03 Å². The summed E-state index contributed by atoms with van der Waals surface area (Å²) in [5.74, 6) is 0. The normalized spacial score (nSPS) is 22.7. The number of nitrogens with zero attached hydrogens (tertiary/aromatic N) is 2. The molecular formula is C16H23N3OS. The number of urea groups is 1. The van der Waals surface area contributed by atoms with E-state index >= 15 is 0 Å². The highest BCUT2D eigenvalue weighted by molar-refractivity contribution is 7.98. The molecule has 0 aromatic heterocycles. The van der Waals surface area contributed by atoms with E-state index in [4.69, 9.17) is 0 Å². The number of thioether (sulfide) groups is 1. The predicted molar refractivity (Wildman–Crippen MR) is 88.0 cm³/mol. The minimum atomic E-state index is 0.0423. The Kier molecular flexibility index (Phi) is 4.70. The number of rotatable bonds is 2. The average Bonchev–Trinajstić information content (AvgIpc) is 2.85. The Labute approximate surface area is 130 Å². The van der Waals surface area contributed by atoms with Crippen LogP contribution >= 0.6 is 11.8 Å². The minimum absolute atomic E-state index is 0.0423. The quantitative estimate of drug-likeness (QED) is 0.853. The molecule has 2 aliphatic rings. The molecule has 1 unspecified atom stereocenters. The van der Waals surface area contributed by atoms with Gasteiger partial charge in [-0.1, -0.05) is 0 Å². The fourth-order valence-corrected chi connectivity index (χ4v) is 3.68. The van der Waals surface area contributed by atoms with Gasteiger partial charge in [0.2, 0.25) is 0 Å². The lowest BCUT2D eigenvalue weighted by atomic mass is 10.2. The molecule has 5 heteroatoms. The van der Waals surface area contributed by atoms with E-state index in [1.165, 1.54) is 24.3 Å². The van der Waals surface area contributed by atoms with Crippen LogP contribution in [0.2, 0.25) is 0 Å². The van der Waals surface area contributed by atoms with Crippen LogP contribution < -0.4 is 5.32 Å². The Morgan fingerprint density at radius 2 is 1.95 bits per heavy atom. The van der Waals surface area contributed by atoms with Gasteiger partial charge in [-0.25, -0.2) is 4.79 Å². The third kappa shape index (κ3) is 3.52. The van der Waals surface area contributed by atoms with Gasteiger partial charge in [0.15, 0.2) is 0 Å². The Balaban J connectivity index is 1.61. The number of hydrogen-bond acceptors (Lipinski definition) is 3. The van der Waals surface area contributed by atoms with Crippen molar-refractivity contribution >= 4 is 23.5 Å². The number of amides is 2. The zero-order valence-corrected chi connectivity index (χ0v) is 13.4. The molecule has 2 amide bonds. The molecule has 2 fully saturated rings.